The zero-order chi connectivity index (χ0) is 11.3. The third kappa shape index (κ3) is 3.11. The van der Waals surface area contributed by atoms with Crippen LogP contribution < -0.4 is 10.4 Å². The minimum absolute atomic E-state index is 0.330. The van der Waals surface area contributed by atoms with E-state index < -0.39 is 0 Å². The Morgan fingerprint density at radius 1 is 1.40 bits per heavy atom. The second-order valence-electron chi connectivity index (χ2n) is 3.64. The van der Waals surface area contributed by atoms with E-state index in [1.54, 1.807) is 7.11 Å². The first-order chi connectivity index (χ1) is 7.19. The lowest BCUT2D eigenvalue weighted by Gasteiger charge is -2.07. The summed E-state index contributed by atoms with van der Waals surface area (Å²) in [4.78, 5) is 11.2. The van der Waals surface area contributed by atoms with E-state index in [9.17, 15) is 4.79 Å². The maximum atomic E-state index is 11.2. The standard InChI is InChI=1S/C12H18O3/c1-4-5-6-7-10-9(2)11(14-3)8-12(13)15-10/h8H,4-7H2,1-3H3. The lowest BCUT2D eigenvalue weighted by Crippen LogP contribution is -2.04. The monoisotopic (exact) mass is 210 g/mol. The van der Waals surface area contributed by atoms with E-state index in [1.165, 1.54) is 6.07 Å². The van der Waals surface area contributed by atoms with Crippen LogP contribution >= 0.6 is 0 Å². The summed E-state index contributed by atoms with van der Waals surface area (Å²) in [7, 11) is 1.57. The summed E-state index contributed by atoms with van der Waals surface area (Å²) >= 11 is 0. The molecule has 84 valence electrons. The maximum absolute atomic E-state index is 11.2. The molecule has 0 saturated heterocycles. The summed E-state index contributed by atoms with van der Waals surface area (Å²) in [5.74, 6) is 1.38. The first kappa shape index (κ1) is 11.8. The third-order valence-corrected chi connectivity index (χ3v) is 2.49. The van der Waals surface area contributed by atoms with E-state index in [1.807, 2.05) is 6.92 Å². The van der Waals surface area contributed by atoms with E-state index >= 15 is 0 Å². The fourth-order valence-electron chi connectivity index (χ4n) is 1.57. The molecule has 0 unspecified atom stereocenters. The van der Waals surface area contributed by atoms with Crippen LogP contribution in [0.2, 0.25) is 0 Å². The van der Waals surface area contributed by atoms with Gasteiger partial charge in [0.05, 0.1) is 13.2 Å². The molecule has 15 heavy (non-hydrogen) atoms. The maximum Gasteiger partial charge on any atom is 0.339 e. The molecular weight excluding hydrogens is 192 g/mol. The van der Waals surface area contributed by atoms with Gasteiger partial charge >= 0.3 is 5.63 Å². The van der Waals surface area contributed by atoms with E-state index in [4.69, 9.17) is 9.15 Å². The number of methoxy groups -OCH3 is 1. The van der Waals surface area contributed by atoms with E-state index in [-0.39, 0.29) is 5.63 Å². The van der Waals surface area contributed by atoms with Crippen molar-refractivity contribution in [3.63, 3.8) is 0 Å². The number of unbranched alkanes of at least 4 members (excludes halogenated alkanes) is 2. The molecule has 0 amide bonds. The van der Waals surface area contributed by atoms with Gasteiger partial charge in [-0.15, -0.1) is 0 Å². The van der Waals surface area contributed by atoms with Crippen molar-refractivity contribution in [3.05, 3.63) is 27.8 Å². The molecule has 0 aliphatic carbocycles. The molecule has 1 aromatic heterocycles. The van der Waals surface area contributed by atoms with Gasteiger partial charge in [0.15, 0.2) is 0 Å². The van der Waals surface area contributed by atoms with E-state index in [0.29, 0.717) is 5.75 Å². The molecule has 3 heteroatoms. The van der Waals surface area contributed by atoms with Gasteiger partial charge < -0.3 is 9.15 Å². The van der Waals surface area contributed by atoms with Gasteiger partial charge in [-0.25, -0.2) is 4.79 Å². The van der Waals surface area contributed by atoms with Crippen molar-refractivity contribution >= 4 is 0 Å². The van der Waals surface area contributed by atoms with Crippen LogP contribution in [-0.2, 0) is 6.42 Å². The summed E-state index contributed by atoms with van der Waals surface area (Å²) in [6.45, 7) is 4.07. The summed E-state index contributed by atoms with van der Waals surface area (Å²) in [5, 5.41) is 0. The average Bonchev–Trinajstić information content (AvgIpc) is 2.23. The van der Waals surface area contributed by atoms with Gasteiger partial charge in [-0.05, 0) is 13.3 Å². The molecular formula is C12H18O3. The van der Waals surface area contributed by atoms with Crippen molar-refractivity contribution in [3.8, 4) is 5.75 Å². The Balaban J connectivity index is 2.86. The molecule has 1 heterocycles. The zero-order valence-corrected chi connectivity index (χ0v) is 9.63. The summed E-state index contributed by atoms with van der Waals surface area (Å²) in [5.41, 5.74) is 0.608. The molecule has 0 aromatic carbocycles. The van der Waals surface area contributed by atoms with Gasteiger partial charge in [0.1, 0.15) is 11.5 Å². The topological polar surface area (TPSA) is 39.4 Å². The van der Waals surface area contributed by atoms with E-state index in [0.717, 1.165) is 37.0 Å². The summed E-state index contributed by atoms with van der Waals surface area (Å²) < 4.78 is 10.3. The van der Waals surface area contributed by atoms with Gasteiger partial charge in [0, 0.05) is 12.0 Å². The molecule has 0 saturated carbocycles. The van der Waals surface area contributed by atoms with Crippen molar-refractivity contribution in [2.24, 2.45) is 0 Å². The Morgan fingerprint density at radius 2 is 2.13 bits per heavy atom. The van der Waals surface area contributed by atoms with Crippen LogP contribution in [0.25, 0.3) is 0 Å². The van der Waals surface area contributed by atoms with Crippen LogP contribution in [0.15, 0.2) is 15.3 Å². The Bertz CT molecular complexity index is 366. The quantitative estimate of drug-likeness (QED) is 0.701. The minimum atomic E-state index is -0.330. The normalized spacial score (nSPS) is 10.3. The van der Waals surface area contributed by atoms with Gasteiger partial charge in [-0.3, -0.25) is 0 Å². The second kappa shape index (κ2) is 5.59. The van der Waals surface area contributed by atoms with Crippen LogP contribution in [0.3, 0.4) is 0 Å². The van der Waals surface area contributed by atoms with Crippen molar-refractivity contribution in [2.45, 2.75) is 39.5 Å². The first-order valence-electron chi connectivity index (χ1n) is 5.36. The molecule has 0 spiro atoms. The highest BCUT2D eigenvalue weighted by atomic mass is 16.5. The molecule has 0 aliphatic rings. The first-order valence-corrected chi connectivity index (χ1v) is 5.36. The number of rotatable bonds is 5. The SMILES string of the molecule is CCCCCc1oc(=O)cc(OC)c1C. The highest BCUT2D eigenvalue weighted by molar-refractivity contribution is 5.32. The lowest BCUT2D eigenvalue weighted by molar-refractivity contribution is 0.384. The van der Waals surface area contributed by atoms with Crippen LogP contribution in [0.5, 0.6) is 5.75 Å². The summed E-state index contributed by atoms with van der Waals surface area (Å²) in [6, 6.07) is 1.39. The fraction of sp³-hybridized carbons (Fsp3) is 0.583. The highest BCUT2D eigenvalue weighted by Crippen LogP contribution is 2.20. The minimum Gasteiger partial charge on any atom is -0.496 e. The van der Waals surface area contributed by atoms with Crippen LogP contribution in [0.1, 0.15) is 37.5 Å². The lowest BCUT2D eigenvalue weighted by atomic mass is 10.1. The predicted octanol–water partition coefficient (Wildman–Crippen LogP) is 2.69. The molecule has 0 fully saturated rings. The Morgan fingerprint density at radius 3 is 2.73 bits per heavy atom. The predicted molar refractivity (Wildman–Crippen MR) is 59.5 cm³/mol. The number of ether oxygens (including phenoxy) is 1. The van der Waals surface area contributed by atoms with Gasteiger partial charge in [-0.2, -0.15) is 0 Å². The van der Waals surface area contributed by atoms with Crippen molar-refractivity contribution < 1.29 is 9.15 Å². The fourth-order valence-corrected chi connectivity index (χ4v) is 1.57. The number of hydrogen-bond acceptors (Lipinski definition) is 3. The van der Waals surface area contributed by atoms with Crippen LogP contribution in [0.4, 0.5) is 0 Å². The molecule has 0 aliphatic heterocycles. The molecule has 0 atom stereocenters. The van der Waals surface area contributed by atoms with Gasteiger partial charge in [-0.1, -0.05) is 19.8 Å². The average molecular weight is 210 g/mol. The molecule has 1 aromatic rings. The number of aryl methyl sites for hydroxylation is 1. The van der Waals surface area contributed by atoms with Crippen molar-refractivity contribution in [2.75, 3.05) is 7.11 Å². The van der Waals surface area contributed by atoms with Crippen LogP contribution in [-0.4, -0.2) is 7.11 Å². The molecule has 3 nitrogen and oxygen atoms in total. The summed E-state index contributed by atoms with van der Waals surface area (Å²) in [6.07, 6.45) is 4.17. The second-order valence-corrected chi connectivity index (χ2v) is 3.64. The van der Waals surface area contributed by atoms with E-state index in [2.05, 4.69) is 6.92 Å². The van der Waals surface area contributed by atoms with Crippen LogP contribution in [0, 0.1) is 6.92 Å². The zero-order valence-electron chi connectivity index (χ0n) is 9.63. The largest absolute Gasteiger partial charge is 0.496 e. The van der Waals surface area contributed by atoms with Gasteiger partial charge in [0.25, 0.3) is 0 Å². The third-order valence-electron chi connectivity index (χ3n) is 2.49. The molecule has 1 rings (SSSR count). The smallest absolute Gasteiger partial charge is 0.339 e. The molecule has 0 N–H and O–H groups in total. The Kier molecular flexibility index (Phi) is 4.40. The molecule has 0 bridgehead atoms. The number of hydrogen-bond donors (Lipinski definition) is 0. The van der Waals surface area contributed by atoms with Crippen molar-refractivity contribution in [1.82, 2.24) is 0 Å². The Hall–Kier alpha value is -1.25. The van der Waals surface area contributed by atoms with Crippen molar-refractivity contribution in [1.29, 1.82) is 0 Å². The Labute approximate surface area is 90.1 Å². The molecule has 0 radical (unpaired) electrons. The highest BCUT2D eigenvalue weighted by Gasteiger charge is 2.08. The van der Waals surface area contributed by atoms with Gasteiger partial charge in [0.2, 0.25) is 0 Å².